The molecular weight excluding hydrogens is 412 g/mol. The summed E-state index contributed by atoms with van der Waals surface area (Å²) in [7, 11) is 6.78. The first-order valence-corrected chi connectivity index (χ1v) is 11.8. The minimum absolute atomic E-state index is 0.646. The lowest BCUT2D eigenvalue weighted by molar-refractivity contribution is 0.0756. The second-order valence-corrected chi connectivity index (χ2v) is 9.72. The van der Waals surface area contributed by atoms with E-state index in [1.807, 2.05) is 36.4 Å². The zero-order valence-electron chi connectivity index (χ0n) is 16.7. The molecule has 2 aromatic carbocycles. The molecule has 0 heterocycles. The molecule has 28 heavy (non-hydrogen) atoms. The Balaban J connectivity index is 1.72. The molecule has 0 aliphatic rings. The van der Waals surface area contributed by atoms with Crippen LogP contribution in [-0.2, 0) is 5.60 Å². The Morgan fingerprint density at radius 3 is 2.39 bits per heavy atom. The monoisotopic (exact) mass is 440 g/mol. The molecule has 0 aromatic heterocycles. The van der Waals surface area contributed by atoms with E-state index in [2.05, 4.69) is 12.6 Å². The molecule has 0 bridgehead atoms. The molecule has 0 aliphatic heterocycles. The van der Waals surface area contributed by atoms with Crippen molar-refractivity contribution in [2.24, 2.45) is 0 Å². The Kier molecular flexibility index (Phi) is 9.21. The third kappa shape index (κ3) is 7.03. The number of thiol groups is 1. The van der Waals surface area contributed by atoms with E-state index in [4.69, 9.17) is 14.2 Å². The zero-order valence-corrected chi connectivity index (χ0v) is 19.3. The summed E-state index contributed by atoms with van der Waals surface area (Å²) in [6.45, 7) is 4.17. The van der Waals surface area contributed by atoms with Crippen molar-refractivity contribution >= 4 is 34.2 Å². The minimum Gasteiger partial charge on any atom is -0.496 e. The van der Waals surface area contributed by atoms with Crippen molar-refractivity contribution in [3.05, 3.63) is 42.0 Å². The SMILES string of the molecule is COc1ccc(S)cc1OCCCCSSc1ccc(C(C)(C)O)c(OC)c1. The Bertz CT molecular complexity index is 760. The summed E-state index contributed by atoms with van der Waals surface area (Å²) < 4.78 is 16.5. The van der Waals surface area contributed by atoms with Gasteiger partial charge in [-0.15, -0.1) is 12.6 Å². The summed E-state index contributed by atoms with van der Waals surface area (Å²) in [6.07, 6.45) is 2.02. The van der Waals surface area contributed by atoms with E-state index in [9.17, 15) is 5.11 Å². The highest BCUT2D eigenvalue weighted by Gasteiger charge is 2.21. The van der Waals surface area contributed by atoms with E-state index in [0.717, 1.165) is 45.4 Å². The fourth-order valence-corrected chi connectivity index (χ4v) is 4.90. The molecule has 0 atom stereocenters. The first-order valence-electron chi connectivity index (χ1n) is 9.05. The van der Waals surface area contributed by atoms with Crippen LogP contribution in [0.15, 0.2) is 46.2 Å². The second kappa shape index (κ2) is 11.1. The number of ether oxygens (including phenoxy) is 3. The van der Waals surface area contributed by atoms with E-state index in [0.29, 0.717) is 12.4 Å². The summed E-state index contributed by atoms with van der Waals surface area (Å²) in [5.74, 6) is 3.20. The number of aliphatic hydroxyl groups is 1. The van der Waals surface area contributed by atoms with Crippen molar-refractivity contribution in [3.63, 3.8) is 0 Å². The number of benzene rings is 2. The topological polar surface area (TPSA) is 47.9 Å². The smallest absolute Gasteiger partial charge is 0.162 e. The molecule has 0 amide bonds. The van der Waals surface area contributed by atoms with Gasteiger partial charge in [-0.25, -0.2) is 0 Å². The lowest BCUT2D eigenvalue weighted by Gasteiger charge is -2.21. The van der Waals surface area contributed by atoms with E-state index in [-0.39, 0.29) is 0 Å². The first-order chi connectivity index (χ1) is 13.3. The second-order valence-electron chi connectivity index (χ2n) is 6.72. The van der Waals surface area contributed by atoms with Crippen molar-refractivity contribution in [1.82, 2.24) is 0 Å². The van der Waals surface area contributed by atoms with Crippen LogP contribution in [0, 0.1) is 0 Å². The normalized spacial score (nSPS) is 11.4. The first kappa shape index (κ1) is 23.1. The van der Waals surface area contributed by atoms with Gasteiger partial charge in [-0.2, -0.15) is 0 Å². The number of methoxy groups -OCH3 is 2. The molecule has 0 aliphatic carbocycles. The van der Waals surface area contributed by atoms with Gasteiger partial charge >= 0.3 is 0 Å². The van der Waals surface area contributed by atoms with Gasteiger partial charge in [-0.1, -0.05) is 27.7 Å². The van der Waals surface area contributed by atoms with Crippen LogP contribution in [0.1, 0.15) is 32.3 Å². The Morgan fingerprint density at radius 2 is 1.71 bits per heavy atom. The predicted octanol–water partition coefficient (Wildman–Crippen LogP) is 5.82. The van der Waals surface area contributed by atoms with Gasteiger partial charge in [0.15, 0.2) is 11.5 Å². The van der Waals surface area contributed by atoms with Crippen molar-refractivity contribution in [2.75, 3.05) is 26.6 Å². The van der Waals surface area contributed by atoms with Crippen LogP contribution in [0.4, 0.5) is 0 Å². The molecule has 0 saturated carbocycles. The quantitative estimate of drug-likeness (QED) is 0.261. The van der Waals surface area contributed by atoms with Crippen LogP contribution in [-0.4, -0.2) is 31.7 Å². The molecule has 0 unspecified atom stereocenters. The van der Waals surface area contributed by atoms with Crippen molar-refractivity contribution < 1.29 is 19.3 Å². The van der Waals surface area contributed by atoms with Gasteiger partial charge in [-0.3, -0.25) is 0 Å². The van der Waals surface area contributed by atoms with Crippen LogP contribution < -0.4 is 14.2 Å². The molecule has 0 radical (unpaired) electrons. The maximum Gasteiger partial charge on any atom is 0.162 e. The molecule has 154 valence electrons. The van der Waals surface area contributed by atoms with Crippen molar-refractivity contribution in [2.45, 2.75) is 42.1 Å². The Labute approximate surface area is 181 Å². The van der Waals surface area contributed by atoms with Crippen LogP contribution in [0.25, 0.3) is 0 Å². The molecule has 0 saturated heterocycles. The third-order valence-electron chi connectivity index (χ3n) is 4.01. The third-order valence-corrected chi connectivity index (χ3v) is 6.74. The molecule has 2 rings (SSSR count). The number of hydrogen-bond acceptors (Lipinski definition) is 7. The molecule has 4 nitrogen and oxygen atoms in total. The van der Waals surface area contributed by atoms with Crippen molar-refractivity contribution in [1.29, 1.82) is 0 Å². The highest BCUT2D eigenvalue weighted by molar-refractivity contribution is 8.76. The molecular formula is C21H28O4S3. The lowest BCUT2D eigenvalue weighted by atomic mass is 9.97. The average Bonchev–Trinajstić information content (AvgIpc) is 2.66. The standard InChI is InChI=1S/C21H28O4S3/c1-21(2,22)17-9-8-16(14-19(17)24-4)28-27-12-6-5-11-25-20-13-15(26)7-10-18(20)23-3/h7-10,13-14,22,26H,5-6,11-12H2,1-4H3. The summed E-state index contributed by atoms with van der Waals surface area (Å²) in [5.41, 5.74) is -0.126. The Hall–Kier alpha value is -1.15. The van der Waals surface area contributed by atoms with Crippen LogP contribution in [0.3, 0.4) is 0 Å². The van der Waals surface area contributed by atoms with E-state index >= 15 is 0 Å². The maximum absolute atomic E-state index is 10.2. The van der Waals surface area contributed by atoms with Gasteiger partial charge in [0.2, 0.25) is 0 Å². The molecule has 7 heteroatoms. The number of rotatable bonds is 11. The maximum atomic E-state index is 10.2. The van der Waals surface area contributed by atoms with E-state index < -0.39 is 5.60 Å². The van der Waals surface area contributed by atoms with Crippen LogP contribution in [0.5, 0.6) is 17.2 Å². The van der Waals surface area contributed by atoms with Gasteiger partial charge in [0, 0.05) is 21.1 Å². The number of unbranched alkanes of at least 4 members (excludes halogenated alkanes) is 1. The average molecular weight is 441 g/mol. The fourth-order valence-electron chi connectivity index (χ4n) is 2.56. The van der Waals surface area contributed by atoms with Crippen LogP contribution >= 0.6 is 34.2 Å². The molecule has 2 aromatic rings. The van der Waals surface area contributed by atoms with Crippen molar-refractivity contribution in [3.8, 4) is 17.2 Å². The summed E-state index contributed by atoms with van der Waals surface area (Å²) >= 11 is 4.34. The summed E-state index contributed by atoms with van der Waals surface area (Å²) in [5, 5.41) is 10.2. The molecule has 1 N–H and O–H groups in total. The van der Waals surface area contributed by atoms with E-state index in [1.54, 1.807) is 49.7 Å². The van der Waals surface area contributed by atoms with Crippen LogP contribution in [0.2, 0.25) is 0 Å². The van der Waals surface area contributed by atoms with Gasteiger partial charge in [0.1, 0.15) is 5.75 Å². The summed E-state index contributed by atoms with van der Waals surface area (Å²) in [4.78, 5) is 1.97. The Morgan fingerprint density at radius 1 is 0.964 bits per heavy atom. The largest absolute Gasteiger partial charge is 0.496 e. The highest BCUT2D eigenvalue weighted by atomic mass is 33.1. The van der Waals surface area contributed by atoms with Gasteiger partial charge in [0.25, 0.3) is 0 Å². The van der Waals surface area contributed by atoms with E-state index in [1.165, 1.54) is 0 Å². The predicted molar refractivity (Wildman–Crippen MR) is 122 cm³/mol. The lowest BCUT2D eigenvalue weighted by Crippen LogP contribution is -2.16. The van der Waals surface area contributed by atoms with Gasteiger partial charge in [0.05, 0.1) is 26.4 Å². The minimum atomic E-state index is -0.920. The fraction of sp³-hybridized carbons (Fsp3) is 0.429. The van der Waals surface area contributed by atoms with Gasteiger partial charge < -0.3 is 19.3 Å². The zero-order chi connectivity index (χ0) is 20.6. The highest BCUT2D eigenvalue weighted by Crippen LogP contribution is 2.37. The molecule has 0 spiro atoms. The van der Waals surface area contributed by atoms with Gasteiger partial charge in [-0.05, 0) is 57.0 Å². The number of hydrogen-bond donors (Lipinski definition) is 2. The summed E-state index contributed by atoms with van der Waals surface area (Å²) in [6, 6.07) is 11.5. The molecule has 0 fully saturated rings.